The van der Waals surface area contributed by atoms with Crippen molar-refractivity contribution >= 4 is 5.82 Å². The van der Waals surface area contributed by atoms with Gasteiger partial charge in [0.15, 0.2) is 0 Å². The molecule has 8 nitrogen and oxygen atoms in total. The van der Waals surface area contributed by atoms with Crippen molar-refractivity contribution in [3.05, 3.63) is 33.8 Å². The van der Waals surface area contributed by atoms with Crippen molar-refractivity contribution in [3.8, 4) is 6.07 Å². The number of nitriles is 1. The molecule has 17 heavy (non-hydrogen) atoms. The maximum Gasteiger partial charge on any atom is 0.141 e. The Labute approximate surface area is 96.6 Å². The van der Waals surface area contributed by atoms with E-state index in [4.69, 9.17) is 16.5 Å². The highest BCUT2D eigenvalue weighted by molar-refractivity contribution is 5.49. The van der Waals surface area contributed by atoms with E-state index in [0.29, 0.717) is 0 Å². The zero-order valence-corrected chi connectivity index (χ0v) is 8.72. The number of nitrogens with zero attached hydrogens (tertiary/aromatic N) is 5. The Balaban J connectivity index is 2.93. The molecular weight excluding hydrogens is 224 g/mol. The van der Waals surface area contributed by atoms with Crippen LogP contribution in [0, 0.1) is 11.3 Å². The van der Waals surface area contributed by atoms with Gasteiger partial charge in [-0.15, -0.1) is 0 Å². The summed E-state index contributed by atoms with van der Waals surface area (Å²) in [4.78, 5) is 6.18. The number of pyridine rings is 1. The van der Waals surface area contributed by atoms with E-state index < -0.39 is 12.2 Å². The van der Waals surface area contributed by atoms with E-state index in [1.165, 1.54) is 12.3 Å². The molecule has 0 fully saturated rings. The zero-order valence-electron chi connectivity index (χ0n) is 8.72. The van der Waals surface area contributed by atoms with E-state index in [9.17, 15) is 10.2 Å². The van der Waals surface area contributed by atoms with Crippen molar-refractivity contribution in [2.75, 3.05) is 12.3 Å². The summed E-state index contributed by atoms with van der Waals surface area (Å²) < 4.78 is 0. The summed E-state index contributed by atoms with van der Waals surface area (Å²) in [6.07, 6.45) is -1.30. The van der Waals surface area contributed by atoms with Crippen LogP contribution in [0.2, 0.25) is 0 Å². The minimum Gasteiger partial charge on any atom is -0.390 e. The van der Waals surface area contributed by atoms with E-state index in [-0.39, 0.29) is 23.5 Å². The molecule has 0 radical (unpaired) electrons. The van der Waals surface area contributed by atoms with Crippen LogP contribution < -0.4 is 5.73 Å². The van der Waals surface area contributed by atoms with Crippen LogP contribution in [0.25, 0.3) is 10.4 Å². The average Bonchev–Trinajstić information content (AvgIpc) is 2.35. The molecule has 0 aliphatic heterocycles. The first-order chi connectivity index (χ1) is 8.10. The summed E-state index contributed by atoms with van der Waals surface area (Å²) in [7, 11) is 0. The van der Waals surface area contributed by atoms with Crippen LogP contribution in [0.5, 0.6) is 0 Å². The topological polar surface area (TPSA) is 152 Å². The summed E-state index contributed by atoms with van der Waals surface area (Å²) in [5.41, 5.74) is 13.8. The molecule has 88 valence electrons. The zero-order chi connectivity index (χ0) is 12.8. The standard InChI is InChI=1S/C9H10N6O2/c10-2-5-1-6(3-13-9(5)11)8(17)7(16)4-14-15-12/h1,3,7-8,16-17H,4H2,(H2,11,13). The first kappa shape index (κ1) is 12.7. The summed E-state index contributed by atoms with van der Waals surface area (Å²) in [6, 6.07) is 3.14. The van der Waals surface area contributed by atoms with Gasteiger partial charge in [-0.1, -0.05) is 5.11 Å². The Bertz CT molecular complexity index is 491. The summed E-state index contributed by atoms with van der Waals surface area (Å²) in [5.74, 6) is 0.0491. The molecule has 2 unspecified atom stereocenters. The first-order valence-corrected chi connectivity index (χ1v) is 4.62. The summed E-state index contributed by atoms with van der Waals surface area (Å²) in [6.45, 7) is -0.274. The Morgan fingerprint density at radius 1 is 1.65 bits per heavy atom. The molecule has 1 heterocycles. The average molecular weight is 234 g/mol. The van der Waals surface area contributed by atoms with Gasteiger partial charge in [-0.05, 0) is 11.6 Å². The molecule has 0 bridgehead atoms. The van der Waals surface area contributed by atoms with Crippen molar-refractivity contribution in [1.82, 2.24) is 4.98 Å². The highest BCUT2D eigenvalue weighted by atomic mass is 16.3. The Morgan fingerprint density at radius 3 is 2.94 bits per heavy atom. The van der Waals surface area contributed by atoms with Crippen molar-refractivity contribution in [2.45, 2.75) is 12.2 Å². The van der Waals surface area contributed by atoms with Crippen LogP contribution in [0.4, 0.5) is 5.82 Å². The molecule has 0 aromatic carbocycles. The number of aliphatic hydroxyl groups is 2. The fourth-order valence-electron chi connectivity index (χ4n) is 1.18. The third-order valence-electron chi connectivity index (χ3n) is 2.10. The van der Waals surface area contributed by atoms with Gasteiger partial charge in [0, 0.05) is 16.7 Å². The number of anilines is 1. The molecule has 1 aromatic rings. The van der Waals surface area contributed by atoms with Crippen LogP contribution >= 0.6 is 0 Å². The van der Waals surface area contributed by atoms with E-state index in [1.807, 2.05) is 6.07 Å². The minimum atomic E-state index is -1.29. The van der Waals surface area contributed by atoms with Crippen molar-refractivity contribution in [2.24, 2.45) is 5.11 Å². The molecule has 1 aromatic heterocycles. The van der Waals surface area contributed by atoms with E-state index in [2.05, 4.69) is 15.0 Å². The SMILES string of the molecule is N#Cc1cc(C(O)C(O)CN=[N+]=[N-])cnc1N. The van der Waals surface area contributed by atoms with Crippen LogP contribution in [-0.2, 0) is 0 Å². The van der Waals surface area contributed by atoms with Gasteiger partial charge in [-0.3, -0.25) is 0 Å². The summed E-state index contributed by atoms with van der Waals surface area (Å²) in [5, 5.41) is 31.0. The predicted molar refractivity (Wildman–Crippen MR) is 58.3 cm³/mol. The lowest BCUT2D eigenvalue weighted by molar-refractivity contribution is 0.0242. The Hall–Kier alpha value is -2.33. The maximum absolute atomic E-state index is 9.70. The molecule has 4 N–H and O–H groups in total. The summed E-state index contributed by atoms with van der Waals surface area (Å²) >= 11 is 0. The molecule has 0 aliphatic rings. The highest BCUT2D eigenvalue weighted by Gasteiger charge is 2.19. The molecule has 2 atom stereocenters. The van der Waals surface area contributed by atoms with Crippen LogP contribution in [-0.4, -0.2) is 27.8 Å². The van der Waals surface area contributed by atoms with E-state index in [0.717, 1.165) is 0 Å². The second kappa shape index (κ2) is 5.67. The smallest absolute Gasteiger partial charge is 0.141 e. The van der Waals surface area contributed by atoms with Crippen molar-refractivity contribution in [1.29, 1.82) is 5.26 Å². The Kier molecular flexibility index (Phi) is 4.25. The van der Waals surface area contributed by atoms with Gasteiger partial charge in [-0.25, -0.2) is 4.98 Å². The van der Waals surface area contributed by atoms with Crippen molar-refractivity contribution in [3.63, 3.8) is 0 Å². The maximum atomic E-state index is 9.70. The molecule has 0 saturated carbocycles. The predicted octanol–water partition coefficient (Wildman–Crippen LogP) is 0.240. The van der Waals surface area contributed by atoms with E-state index >= 15 is 0 Å². The van der Waals surface area contributed by atoms with Gasteiger partial charge < -0.3 is 15.9 Å². The number of rotatable bonds is 4. The second-order valence-electron chi connectivity index (χ2n) is 3.24. The van der Waals surface area contributed by atoms with Gasteiger partial charge in [0.25, 0.3) is 0 Å². The fourth-order valence-corrected chi connectivity index (χ4v) is 1.18. The molecule has 0 aliphatic carbocycles. The van der Waals surface area contributed by atoms with Gasteiger partial charge in [0.2, 0.25) is 0 Å². The minimum absolute atomic E-state index is 0.0491. The second-order valence-corrected chi connectivity index (χ2v) is 3.24. The van der Waals surface area contributed by atoms with Gasteiger partial charge >= 0.3 is 0 Å². The lowest BCUT2D eigenvalue weighted by Crippen LogP contribution is -2.21. The molecule has 8 heteroatoms. The Morgan fingerprint density at radius 2 is 2.35 bits per heavy atom. The lowest BCUT2D eigenvalue weighted by atomic mass is 10.0. The van der Waals surface area contributed by atoms with E-state index in [1.54, 1.807) is 0 Å². The number of hydrogen-bond acceptors (Lipinski definition) is 6. The third kappa shape index (κ3) is 3.06. The number of aromatic nitrogens is 1. The van der Waals surface area contributed by atoms with Gasteiger partial charge in [0.1, 0.15) is 18.0 Å². The first-order valence-electron chi connectivity index (χ1n) is 4.62. The largest absolute Gasteiger partial charge is 0.390 e. The number of nitrogen functional groups attached to an aromatic ring is 1. The van der Waals surface area contributed by atoms with Crippen LogP contribution in [0.1, 0.15) is 17.2 Å². The molecule has 0 amide bonds. The fraction of sp³-hybridized carbons (Fsp3) is 0.333. The van der Waals surface area contributed by atoms with Gasteiger partial charge in [0.05, 0.1) is 18.2 Å². The molecular formula is C9H10N6O2. The normalized spacial score (nSPS) is 13.2. The highest BCUT2D eigenvalue weighted by Crippen LogP contribution is 2.19. The number of aliphatic hydroxyl groups excluding tert-OH is 2. The number of nitrogens with two attached hydrogens (primary N) is 1. The van der Waals surface area contributed by atoms with Crippen molar-refractivity contribution < 1.29 is 10.2 Å². The van der Waals surface area contributed by atoms with Crippen LogP contribution in [0.15, 0.2) is 17.4 Å². The van der Waals surface area contributed by atoms with Crippen LogP contribution in [0.3, 0.4) is 0 Å². The molecule has 0 spiro atoms. The molecule has 1 rings (SSSR count). The van der Waals surface area contributed by atoms with Gasteiger partial charge in [-0.2, -0.15) is 5.26 Å². The third-order valence-corrected chi connectivity index (χ3v) is 2.10. The number of hydrogen-bond donors (Lipinski definition) is 3. The monoisotopic (exact) mass is 234 g/mol. The quantitative estimate of drug-likeness (QED) is 0.387. The molecule has 0 saturated heterocycles. The number of azide groups is 1. The lowest BCUT2D eigenvalue weighted by Gasteiger charge is -2.16.